The molecule has 4 nitrogen and oxygen atoms in total. The van der Waals surface area contributed by atoms with Crippen molar-refractivity contribution in [3.8, 4) is 16.8 Å². The van der Waals surface area contributed by atoms with Crippen molar-refractivity contribution in [1.82, 2.24) is 4.68 Å². The van der Waals surface area contributed by atoms with Crippen LogP contribution in [0.1, 0.15) is 16.2 Å². The van der Waals surface area contributed by atoms with Gasteiger partial charge in [-0.1, -0.05) is 48.5 Å². The smallest absolute Gasteiger partial charge is 0.254 e. The van der Waals surface area contributed by atoms with Crippen LogP contribution in [0.15, 0.2) is 60.7 Å². The van der Waals surface area contributed by atoms with Gasteiger partial charge in [-0.25, -0.2) is 0 Å². The molecule has 0 bridgehead atoms. The van der Waals surface area contributed by atoms with E-state index in [1.165, 1.54) is 0 Å². The van der Waals surface area contributed by atoms with Gasteiger partial charge < -0.3 is 9.90 Å². The summed E-state index contributed by atoms with van der Waals surface area (Å²) < 4.78 is 3.49. The van der Waals surface area contributed by atoms with Gasteiger partial charge in [0.25, 0.3) is 5.69 Å². The average molecular weight is 292 g/mol. The summed E-state index contributed by atoms with van der Waals surface area (Å²) in [6.07, 6.45) is 0. The summed E-state index contributed by atoms with van der Waals surface area (Å²) >= 11 is 0. The molecular formula is C18H16N2O2. The number of rotatable bonds is 3. The molecule has 4 heteroatoms. The zero-order chi connectivity index (χ0) is 15.7. The van der Waals surface area contributed by atoms with Crippen molar-refractivity contribution in [3.63, 3.8) is 0 Å². The molecule has 0 aliphatic carbocycles. The normalized spacial score (nSPS) is 10.6. The third-order valence-corrected chi connectivity index (χ3v) is 3.75. The molecule has 0 unspecified atom stereocenters. The number of hydrogen-bond donors (Lipinski definition) is 0. The number of carboxylic acid groups (broad SMARTS) is 1. The zero-order valence-electron chi connectivity index (χ0n) is 12.5. The molecule has 110 valence electrons. The summed E-state index contributed by atoms with van der Waals surface area (Å²) in [6.45, 7) is 1.88. The summed E-state index contributed by atoms with van der Waals surface area (Å²) in [5.41, 5.74) is 4.05. The molecule has 0 spiro atoms. The number of hydrogen-bond acceptors (Lipinski definition) is 2. The van der Waals surface area contributed by atoms with Crippen molar-refractivity contribution in [2.75, 3.05) is 0 Å². The third-order valence-electron chi connectivity index (χ3n) is 3.75. The number of aryl methyl sites for hydroxylation is 1. The fourth-order valence-corrected chi connectivity index (χ4v) is 2.76. The van der Waals surface area contributed by atoms with Crippen molar-refractivity contribution < 1.29 is 14.6 Å². The van der Waals surface area contributed by atoms with E-state index in [4.69, 9.17) is 0 Å². The molecule has 0 saturated heterocycles. The number of aromatic carboxylic acids is 1. The van der Waals surface area contributed by atoms with Gasteiger partial charge in [0.05, 0.1) is 5.69 Å². The quantitative estimate of drug-likeness (QED) is 0.689. The first-order valence-corrected chi connectivity index (χ1v) is 7.04. The highest BCUT2D eigenvalue weighted by Gasteiger charge is 2.21. The minimum atomic E-state index is -1.18. The second-order valence-corrected chi connectivity index (χ2v) is 5.18. The van der Waals surface area contributed by atoms with E-state index < -0.39 is 5.97 Å². The number of nitrogens with zero attached hydrogens (tertiary/aromatic N) is 2. The van der Waals surface area contributed by atoms with Crippen LogP contribution in [0, 0.1) is 6.92 Å². The van der Waals surface area contributed by atoms with Crippen molar-refractivity contribution >= 4 is 5.97 Å². The van der Waals surface area contributed by atoms with Crippen LogP contribution in [0.3, 0.4) is 0 Å². The standard InChI is InChI=1S/C18H16N2O2/c1-13-12-17(18(21)22)19(2)20(13)16-11-7-6-10-15(16)14-8-4-3-5-9-14/h3-12H,1-2H3. The number of carboxylic acids is 1. The van der Waals surface area contributed by atoms with Gasteiger partial charge in [-0.15, -0.1) is 9.36 Å². The summed E-state index contributed by atoms with van der Waals surface area (Å²) in [4.78, 5) is 11.2. The molecule has 0 fully saturated rings. The fraction of sp³-hybridized carbons (Fsp3) is 0.111. The number of carbonyl (C=O) groups excluding carboxylic acids is 1. The lowest BCUT2D eigenvalue weighted by atomic mass is 10.0. The predicted octanol–water partition coefficient (Wildman–Crippen LogP) is 1.64. The van der Waals surface area contributed by atoms with E-state index in [0.29, 0.717) is 0 Å². The number of benzene rings is 2. The molecule has 0 radical (unpaired) electrons. The Balaban J connectivity index is 2.25. The Hall–Kier alpha value is -2.88. The molecule has 1 aromatic heterocycles. The maximum absolute atomic E-state index is 11.2. The van der Waals surface area contributed by atoms with Crippen LogP contribution in [0.2, 0.25) is 0 Å². The molecular weight excluding hydrogens is 276 g/mol. The molecule has 1 heterocycles. The highest BCUT2D eigenvalue weighted by molar-refractivity contribution is 5.82. The van der Waals surface area contributed by atoms with Gasteiger partial charge >= 0.3 is 0 Å². The van der Waals surface area contributed by atoms with Crippen LogP contribution in [0.25, 0.3) is 16.8 Å². The molecule has 0 saturated carbocycles. The molecule has 3 aromatic rings. The van der Waals surface area contributed by atoms with Crippen LogP contribution < -0.4 is 9.79 Å². The van der Waals surface area contributed by atoms with E-state index >= 15 is 0 Å². The highest BCUT2D eigenvalue weighted by Crippen LogP contribution is 2.26. The lowest BCUT2D eigenvalue weighted by molar-refractivity contribution is -0.747. The van der Waals surface area contributed by atoms with E-state index in [9.17, 15) is 9.90 Å². The van der Waals surface area contributed by atoms with Gasteiger partial charge in [0, 0.05) is 11.6 Å². The molecule has 2 aromatic carbocycles. The topological polar surface area (TPSA) is 48.9 Å². The van der Waals surface area contributed by atoms with E-state index in [-0.39, 0.29) is 5.69 Å². The van der Waals surface area contributed by atoms with Gasteiger partial charge in [0.15, 0.2) is 7.05 Å². The second-order valence-electron chi connectivity index (χ2n) is 5.18. The third kappa shape index (κ3) is 2.29. The lowest BCUT2D eigenvalue weighted by Gasteiger charge is -2.10. The maximum Gasteiger partial charge on any atom is 0.254 e. The summed E-state index contributed by atoms with van der Waals surface area (Å²) in [5, 5.41) is 11.2. The zero-order valence-corrected chi connectivity index (χ0v) is 12.5. The Morgan fingerprint density at radius 1 is 1.05 bits per heavy atom. The maximum atomic E-state index is 11.2. The van der Waals surface area contributed by atoms with Crippen LogP contribution in [-0.2, 0) is 7.05 Å². The van der Waals surface area contributed by atoms with Gasteiger partial charge in [0.1, 0.15) is 11.7 Å². The van der Waals surface area contributed by atoms with Crippen LogP contribution in [-0.4, -0.2) is 10.7 Å². The Kier molecular flexibility index (Phi) is 3.51. The van der Waals surface area contributed by atoms with Crippen LogP contribution in [0.5, 0.6) is 0 Å². The van der Waals surface area contributed by atoms with Gasteiger partial charge in [-0.2, -0.15) is 0 Å². The number of aromatic nitrogens is 2. The predicted molar refractivity (Wildman–Crippen MR) is 81.4 cm³/mol. The molecule has 0 N–H and O–H groups in total. The SMILES string of the molecule is Cc1cc(C(=O)[O-])[n+](C)n1-c1ccccc1-c1ccccc1. The first-order valence-electron chi connectivity index (χ1n) is 7.04. The van der Waals surface area contributed by atoms with Gasteiger partial charge in [0.2, 0.25) is 0 Å². The first kappa shape index (κ1) is 14.1. The van der Waals surface area contributed by atoms with E-state index in [1.54, 1.807) is 17.8 Å². The molecule has 0 amide bonds. The highest BCUT2D eigenvalue weighted by atomic mass is 16.4. The van der Waals surface area contributed by atoms with E-state index in [0.717, 1.165) is 22.5 Å². The molecule has 3 rings (SSSR count). The van der Waals surface area contributed by atoms with Crippen molar-refractivity contribution in [2.45, 2.75) is 6.92 Å². The van der Waals surface area contributed by atoms with E-state index in [1.807, 2.05) is 66.2 Å². The van der Waals surface area contributed by atoms with Crippen LogP contribution in [0.4, 0.5) is 0 Å². The lowest BCUT2D eigenvalue weighted by Crippen LogP contribution is -2.46. The van der Waals surface area contributed by atoms with Crippen molar-refractivity contribution in [2.24, 2.45) is 7.05 Å². The second kappa shape index (κ2) is 5.48. The number of carbonyl (C=O) groups is 1. The summed E-state index contributed by atoms with van der Waals surface area (Å²) in [5.74, 6) is -1.18. The Bertz CT molecular complexity index is 836. The Morgan fingerprint density at radius 3 is 2.32 bits per heavy atom. The van der Waals surface area contributed by atoms with Crippen molar-refractivity contribution in [1.29, 1.82) is 0 Å². The summed E-state index contributed by atoms with van der Waals surface area (Å²) in [6, 6.07) is 19.6. The Morgan fingerprint density at radius 2 is 1.68 bits per heavy atom. The minimum Gasteiger partial charge on any atom is -0.539 e. The molecule has 0 aliphatic rings. The van der Waals surface area contributed by atoms with Gasteiger partial charge in [-0.05, 0) is 18.6 Å². The average Bonchev–Trinajstić information content (AvgIpc) is 2.83. The molecule has 0 aliphatic heterocycles. The minimum absolute atomic E-state index is 0.153. The van der Waals surface area contributed by atoms with Crippen LogP contribution >= 0.6 is 0 Å². The molecule has 22 heavy (non-hydrogen) atoms. The van der Waals surface area contributed by atoms with Crippen molar-refractivity contribution in [3.05, 3.63) is 72.1 Å². The number of para-hydroxylation sites is 1. The van der Waals surface area contributed by atoms with E-state index in [2.05, 4.69) is 0 Å². The van der Waals surface area contributed by atoms with Gasteiger partial charge in [-0.3, -0.25) is 0 Å². The Labute approximate surface area is 128 Å². The largest absolute Gasteiger partial charge is 0.539 e. The molecule has 0 atom stereocenters. The monoisotopic (exact) mass is 292 g/mol. The fourth-order valence-electron chi connectivity index (χ4n) is 2.76. The first-order chi connectivity index (χ1) is 10.6. The summed E-state index contributed by atoms with van der Waals surface area (Å²) in [7, 11) is 1.72.